The highest BCUT2D eigenvalue weighted by Crippen LogP contribution is 2.45. The molecule has 11 nitrogen and oxygen atoms in total. The molecule has 0 radical (unpaired) electrons. The number of carbonyl (C=O) groups is 3. The van der Waals surface area contributed by atoms with E-state index in [4.69, 9.17) is 25.8 Å². The van der Waals surface area contributed by atoms with Crippen LogP contribution in [0, 0.1) is 0 Å². The molecule has 0 fully saturated rings. The Morgan fingerprint density at radius 1 is 0.957 bits per heavy atom. The molecule has 1 heterocycles. The quantitative estimate of drug-likeness (QED) is 0.114. The van der Waals surface area contributed by atoms with E-state index in [1.165, 1.54) is 25.1 Å². The number of halogens is 4. The molecule has 0 saturated carbocycles. The number of allylic oxidation sites excluding steroid dienone is 2. The molecule has 2 aromatic carbocycles. The van der Waals surface area contributed by atoms with Crippen molar-refractivity contribution in [2.45, 2.75) is 38.0 Å². The summed E-state index contributed by atoms with van der Waals surface area (Å²) in [6, 6.07) is 15.0. The highest BCUT2D eigenvalue weighted by atomic mass is 35.5. The van der Waals surface area contributed by atoms with Crippen molar-refractivity contribution in [2.75, 3.05) is 46.6 Å². The molecule has 256 valence electrons. The molecular weight excluding hydrogens is 647 g/mol. The molecule has 0 aromatic heterocycles. The van der Waals surface area contributed by atoms with E-state index in [1.54, 1.807) is 18.2 Å². The molecule has 2 atom stereocenters. The Labute approximate surface area is 275 Å². The van der Waals surface area contributed by atoms with Gasteiger partial charge in [-0.05, 0) is 43.5 Å². The number of alkyl halides is 3. The third-order valence-electron chi connectivity index (χ3n) is 6.83. The van der Waals surface area contributed by atoms with Gasteiger partial charge in [-0.1, -0.05) is 48.0 Å². The van der Waals surface area contributed by atoms with E-state index in [0.29, 0.717) is 18.7 Å². The van der Waals surface area contributed by atoms with Crippen LogP contribution in [0.25, 0.3) is 0 Å². The normalized spacial score (nSPS) is 15.4. The molecule has 0 saturated heterocycles. The average Bonchev–Trinajstić information content (AvgIpc) is 3.04. The maximum Gasteiger partial charge on any atom is 0.431 e. The van der Waals surface area contributed by atoms with E-state index >= 15 is 0 Å². The van der Waals surface area contributed by atoms with Crippen LogP contribution in [0.3, 0.4) is 0 Å². The van der Waals surface area contributed by atoms with Gasteiger partial charge in [0.05, 0.1) is 37.4 Å². The van der Waals surface area contributed by atoms with Crippen LogP contribution in [0.5, 0.6) is 5.75 Å². The number of aliphatic hydroxyl groups is 1. The first-order valence-corrected chi connectivity index (χ1v) is 15.1. The fourth-order valence-electron chi connectivity index (χ4n) is 4.62. The highest BCUT2D eigenvalue weighted by Gasteiger charge is 2.47. The number of alkyl carbamates (subject to hydrolysis) is 1. The summed E-state index contributed by atoms with van der Waals surface area (Å²) < 4.78 is 62.6. The van der Waals surface area contributed by atoms with Gasteiger partial charge in [-0.25, -0.2) is 14.4 Å². The summed E-state index contributed by atoms with van der Waals surface area (Å²) in [6.45, 7) is 2.15. The number of rotatable bonds is 16. The fourth-order valence-corrected chi connectivity index (χ4v) is 4.87. The summed E-state index contributed by atoms with van der Waals surface area (Å²) in [5, 5.41) is 17.7. The van der Waals surface area contributed by atoms with Crippen LogP contribution in [-0.4, -0.2) is 82.0 Å². The van der Waals surface area contributed by atoms with E-state index in [-0.39, 0.29) is 61.2 Å². The number of hydrogen-bond acceptors (Lipinski definition) is 10. The Kier molecular flexibility index (Phi) is 14.4. The number of dihydropyridines is 1. The van der Waals surface area contributed by atoms with Gasteiger partial charge < -0.3 is 40.0 Å². The predicted octanol–water partition coefficient (Wildman–Crippen LogP) is 4.37. The molecule has 2 unspecified atom stereocenters. The van der Waals surface area contributed by atoms with Gasteiger partial charge >= 0.3 is 24.2 Å². The number of ether oxygens (including phenoxy) is 4. The van der Waals surface area contributed by atoms with Crippen molar-refractivity contribution in [3.63, 3.8) is 0 Å². The van der Waals surface area contributed by atoms with Crippen LogP contribution in [0.1, 0.15) is 31.2 Å². The van der Waals surface area contributed by atoms with Gasteiger partial charge in [0.2, 0.25) is 0 Å². The number of methoxy groups -OCH3 is 1. The molecule has 1 aliphatic rings. The van der Waals surface area contributed by atoms with E-state index in [9.17, 15) is 32.7 Å². The van der Waals surface area contributed by atoms with Crippen LogP contribution in [0.15, 0.2) is 77.1 Å². The lowest BCUT2D eigenvalue weighted by atomic mass is 9.80. The first kappa shape index (κ1) is 37.2. The Bertz CT molecular complexity index is 1440. The second kappa shape index (κ2) is 18.2. The van der Waals surface area contributed by atoms with E-state index in [2.05, 4.69) is 20.7 Å². The zero-order valence-electron chi connectivity index (χ0n) is 25.8. The number of amides is 1. The standard InChI is InChI=1S/C32H37ClF3N3O8/c1-20-25(26(23-12-6-7-13-24(23)33)27(29(41)44-2)28(39-20)32(34,35)36)30(42)45-16-8-9-17-46-31(43)38-15-14-37-18-21(40)19-47-22-10-4-3-5-11-22/h3-7,10-13,21,26,37,39-40H,8-9,14-19H2,1-2H3,(H,38,43). The SMILES string of the molecule is COC(=O)C1=C(C(F)(F)F)NC(C)=C(C(=O)OCCCCOC(=O)NCCNCC(O)COc2ccccc2)C1c1ccccc1Cl. The molecule has 0 bridgehead atoms. The zero-order valence-corrected chi connectivity index (χ0v) is 26.6. The number of esters is 2. The first-order chi connectivity index (χ1) is 22.4. The molecule has 1 aliphatic heterocycles. The van der Waals surface area contributed by atoms with Crippen LogP contribution in [0.4, 0.5) is 18.0 Å². The number of carbonyl (C=O) groups excluding carboxylic acids is 3. The van der Waals surface area contributed by atoms with Gasteiger partial charge in [-0.2, -0.15) is 13.2 Å². The van der Waals surface area contributed by atoms with Gasteiger partial charge in [0.15, 0.2) is 0 Å². The van der Waals surface area contributed by atoms with Crippen molar-refractivity contribution < 1.29 is 51.6 Å². The van der Waals surface area contributed by atoms with Gasteiger partial charge in [-0.3, -0.25) is 0 Å². The number of hydrogen-bond donors (Lipinski definition) is 4. The second-order valence-corrected chi connectivity index (χ2v) is 10.7. The number of benzene rings is 2. The maximum absolute atomic E-state index is 14.0. The van der Waals surface area contributed by atoms with Crippen LogP contribution in [-0.2, 0) is 23.8 Å². The molecule has 2 aromatic rings. The maximum atomic E-state index is 14.0. The summed E-state index contributed by atoms with van der Waals surface area (Å²) in [6.07, 6.45) is -5.77. The van der Waals surface area contributed by atoms with Crippen LogP contribution < -0.4 is 20.7 Å². The van der Waals surface area contributed by atoms with Crippen molar-refractivity contribution >= 4 is 29.6 Å². The van der Waals surface area contributed by atoms with Gasteiger partial charge in [0, 0.05) is 30.4 Å². The molecule has 47 heavy (non-hydrogen) atoms. The number of para-hydroxylation sites is 1. The fraction of sp³-hybridized carbons (Fsp3) is 0.406. The molecule has 15 heteroatoms. The van der Waals surface area contributed by atoms with E-state index < -0.39 is 47.5 Å². The molecular formula is C32H37ClF3N3O8. The van der Waals surface area contributed by atoms with Crippen molar-refractivity contribution in [3.8, 4) is 5.75 Å². The minimum absolute atomic E-state index is 0.0159. The topological polar surface area (TPSA) is 144 Å². The highest BCUT2D eigenvalue weighted by molar-refractivity contribution is 6.31. The average molecular weight is 684 g/mol. The zero-order chi connectivity index (χ0) is 34.4. The largest absolute Gasteiger partial charge is 0.491 e. The molecule has 0 aliphatic carbocycles. The Hall–Kier alpha value is -4.27. The lowest BCUT2D eigenvalue weighted by Gasteiger charge is -2.32. The number of nitrogens with one attached hydrogen (secondary N) is 3. The minimum Gasteiger partial charge on any atom is -0.491 e. The molecule has 0 spiro atoms. The molecule has 1 amide bonds. The number of aliphatic hydroxyl groups excluding tert-OH is 1. The van der Waals surface area contributed by atoms with Crippen molar-refractivity contribution in [3.05, 3.63) is 87.7 Å². The summed E-state index contributed by atoms with van der Waals surface area (Å²) in [5.41, 5.74) is -2.49. The second-order valence-electron chi connectivity index (χ2n) is 10.3. The van der Waals surface area contributed by atoms with Gasteiger partial charge in [-0.15, -0.1) is 0 Å². The Morgan fingerprint density at radius 2 is 1.62 bits per heavy atom. The summed E-state index contributed by atoms with van der Waals surface area (Å²) in [4.78, 5) is 37.8. The monoisotopic (exact) mass is 683 g/mol. The molecule has 3 rings (SSSR count). The number of unbranched alkanes of at least 4 members (excludes halogenated alkanes) is 1. The predicted molar refractivity (Wildman–Crippen MR) is 165 cm³/mol. The lowest BCUT2D eigenvalue weighted by Crippen LogP contribution is -2.38. The summed E-state index contributed by atoms with van der Waals surface area (Å²) in [7, 11) is 0.936. The Morgan fingerprint density at radius 3 is 2.28 bits per heavy atom. The van der Waals surface area contributed by atoms with Gasteiger partial charge in [0.1, 0.15) is 24.2 Å². The van der Waals surface area contributed by atoms with E-state index in [1.807, 2.05) is 18.2 Å². The van der Waals surface area contributed by atoms with Crippen molar-refractivity contribution in [1.29, 1.82) is 0 Å². The Balaban J connectivity index is 1.43. The van der Waals surface area contributed by atoms with E-state index in [0.717, 1.165) is 7.11 Å². The van der Waals surface area contributed by atoms with Crippen LogP contribution >= 0.6 is 11.6 Å². The van der Waals surface area contributed by atoms with Gasteiger partial charge in [0.25, 0.3) is 0 Å². The molecule has 4 N–H and O–H groups in total. The minimum atomic E-state index is -4.97. The summed E-state index contributed by atoms with van der Waals surface area (Å²) in [5.74, 6) is -3.11. The lowest BCUT2D eigenvalue weighted by molar-refractivity contribution is -0.140. The smallest absolute Gasteiger partial charge is 0.431 e. The van der Waals surface area contributed by atoms with Crippen molar-refractivity contribution in [1.82, 2.24) is 16.0 Å². The third kappa shape index (κ3) is 11.2. The van der Waals surface area contributed by atoms with Crippen molar-refractivity contribution in [2.24, 2.45) is 0 Å². The van der Waals surface area contributed by atoms with Crippen LogP contribution in [0.2, 0.25) is 5.02 Å². The third-order valence-corrected chi connectivity index (χ3v) is 7.17. The summed E-state index contributed by atoms with van der Waals surface area (Å²) >= 11 is 6.31. The first-order valence-electron chi connectivity index (χ1n) is 14.7.